The number of hydrogen-bond donors (Lipinski definition) is 3. The van der Waals surface area contributed by atoms with Crippen molar-refractivity contribution in [2.24, 2.45) is 5.73 Å². The van der Waals surface area contributed by atoms with Crippen LogP contribution in [0.15, 0.2) is 42.7 Å². The molecular formula is C13H16N4O. The molecule has 1 aromatic carbocycles. The fourth-order valence-electron chi connectivity index (χ4n) is 1.65. The Bertz CT molecular complexity index is 481. The van der Waals surface area contributed by atoms with Crippen molar-refractivity contribution < 1.29 is 4.79 Å². The van der Waals surface area contributed by atoms with Crippen LogP contribution in [0.3, 0.4) is 0 Å². The van der Waals surface area contributed by atoms with Gasteiger partial charge in [-0.15, -0.1) is 0 Å². The smallest absolute Gasteiger partial charge is 0.241 e. The number of amides is 1. The highest BCUT2D eigenvalue weighted by molar-refractivity contribution is 5.94. The van der Waals surface area contributed by atoms with Crippen LogP contribution in [0.1, 0.15) is 12.0 Å². The van der Waals surface area contributed by atoms with Crippen LogP contribution in [0.5, 0.6) is 0 Å². The number of nitrogens with zero attached hydrogens (tertiary/aromatic N) is 1. The highest BCUT2D eigenvalue weighted by Gasteiger charge is 2.13. The van der Waals surface area contributed by atoms with Crippen LogP contribution >= 0.6 is 0 Å². The number of aryl methyl sites for hydroxylation is 1. The zero-order chi connectivity index (χ0) is 12.8. The molecule has 2 rings (SSSR count). The zero-order valence-electron chi connectivity index (χ0n) is 9.97. The fraction of sp³-hybridized carbons (Fsp3) is 0.231. The number of nitrogens with one attached hydrogen (secondary N) is 2. The molecule has 94 valence electrons. The van der Waals surface area contributed by atoms with Gasteiger partial charge in [0.05, 0.1) is 17.9 Å². The molecule has 0 saturated heterocycles. The Morgan fingerprint density at radius 3 is 2.83 bits per heavy atom. The highest BCUT2D eigenvalue weighted by atomic mass is 16.2. The Labute approximate surface area is 105 Å². The lowest BCUT2D eigenvalue weighted by atomic mass is 10.1. The number of aromatic nitrogens is 2. The van der Waals surface area contributed by atoms with Crippen molar-refractivity contribution in [2.75, 3.05) is 5.32 Å². The molecule has 5 nitrogen and oxygen atoms in total. The lowest BCUT2D eigenvalue weighted by Gasteiger charge is -2.10. The number of anilines is 1. The van der Waals surface area contributed by atoms with Gasteiger partial charge in [-0.25, -0.2) is 0 Å². The van der Waals surface area contributed by atoms with E-state index < -0.39 is 6.04 Å². The summed E-state index contributed by atoms with van der Waals surface area (Å²) < 4.78 is 0. The summed E-state index contributed by atoms with van der Waals surface area (Å²) >= 11 is 0. The SMILES string of the molecule is N[C@@H](CCc1ccccc1)C(=O)Nc1cn[nH]c1. The van der Waals surface area contributed by atoms with E-state index in [2.05, 4.69) is 15.5 Å². The van der Waals surface area contributed by atoms with Crippen molar-refractivity contribution in [3.63, 3.8) is 0 Å². The molecule has 5 heteroatoms. The number of H-pyrrole nitrogens is 1. The predicted molar refractivity (Wildman–Crippen MR) is 70.0 cm³/mol. The van der Waals surface area contributed by atoms with Gasteiger partial charge in [-0.3, -0.25) is 9.89 Å². The number of nitrogens with two attached hydrogens (primary N) is 1. The lowest BCUT2D eigenvalue weighted by Crippen LogP contribution is -2.35. The van der Waals surface area contributed by atoms with Crippen LogP contribution in [0.4, 0.5) is 5.69 Å². The van der Waals surface area contributed by atoms with E-state index in [0.717, 1.165) is 6.42 Å². The maximum absolute atomic E-state index is 11.8. The average Bonchev–Trinajstić information content (AvgIpc) is 2.90. The van der Waals surface area contributed by atoms with Crippen LogP contribution in [-0.4, -0.2) is 22.1 Å². The number of rotatable bonds is 5. The second-order valence-electron chi connectivity index (χ2n) is 4.11. The van der Waals surface area contributed by atoms with Crippen LogP contribution in [0.2, 0.25) is 0 Å². The first-order valence-electron chi connectivity index (χ1n) is 5.85. The molecule has 0 unspecified atom stereocenters. The Morgan fingerprint density at radius 1 is 1.39 bits per heavy atom. The fourth-order valence-corrected chi connectivity index (χ4v) is 1.65. The molecule has 1 aromatic heterocycles. The van der Waals surface area contributed by atoms with Crippen LogP contribution < -0.4 is 11.1 Å². The molecule has 1 atom stereocenters. The molecule has 18 heavy (non-hydrogen) atoms. The first kappa shape index (κ1) is 12.3. The Morgan fingerprint density at radius 2 is 2.17 bits per heavy atom. The van der Waals surface area contributed by atoms with Gasteiger partial charge < -0.3 is 11.1 Å². The van der Waals surface area contributed by atoms with E-state index in [0.29, 0.717) is 12.1 Å². The minimum Gasteiger partial charge on any atom is -0.322 e. The highest BCUT2D eigenvalue weighted by Crippen LogP contribution is 2.06. The van der Waals surface area contributed by atoms with E-state index in [1.807, 2.05) is 30.3 Å². The molecule has 0 bridgehead atoms. The third kappa shape index (κ3) is 3.43. The largest absolute Gasteiger partial charge is 0.322 e. The molecule has 2 aromatic rings. The van der Waals surface area contributed by atoms with E-state index in [1.165, 1.54) is 5.56 Å². The van der Waals surface area contributed by atoms with Gasteiger partial charge >= 0.3 is 0 Å². The molecule has 0 saturated carbocycles. The summed E-state index contributed by atoms with van der Waals surface area (Å²) in [5, 5.41) is 9.07. The third-order valence-corrected chi connectivity index (χ3v) is 2.69. The first-order valence-corrected chi connectivity index (χ1v) is 5.85. The van der Waals surface area contributed by atoms with Crippen molar-refractivity contribution in [2.45, 2.75) is 18.9 Å². The van der Waals surface area contributed by atoms with Gasteiger partial charge in [0, 0.05) is 6.20 Å². The molecular weight excluding hydrogens is 228 g/mol. The first-order chi connectivity index (χ1) is 8.75. The average molecular weight is 244 g/mol. The summed E-state index contributed by atoms with van der Waals surface area (Å²) in [5.74, 6) is -0.188. The van der Waals surface area contributed by atoms with Crippen LogP contribution in [0, 0.1) is 0 Å². The lowest BCUT2D eigenvalue weighted by molar-refractivity contribution is -0.117. The number of aromatic amines is 1. The quantitative estimate of drug-likeness (QED) is 0.741. The van der Waals surface area contributed by atoms with Gasteiger partial charge in [-0.1, -0.05) is 30.3 Å². The summed E-state index contributed by atoms with van der Waals surface area (Å²) in [7, 11) is 0. The van der Waals surface area contributed by atoms with Crippen molar-refractivity contribution in [1.29, 1.82) is 0 Å². The number of carbonyl (C=O) groups is 1. The van der Waals surface area contributed by atoms with Gasteiger partial charge in [0.15, 0.2) is 0 Å². The molecule has 0 aliphatic carbocycles. The van der Waals surface area contributed by atoms with E-state index >= 15 is 0 Å². The number of carbonyl (C=O) groups excluding carboxylic acids is 1. The molecule has 0 radical (unpaired) electrons. The maximum Gasteiger partial charge on any atom is 0.241 e. The second-order valence-corrected chi connectivity index (χ2v) is 4.11. The molecule has 0 fully saturated rings. The third-order valence-electron chi connectivity index (χ3n) is 2.69. The summed E-state index contributed by atoms with van der Waals surface area (Å²) in [5.41, 5.74) is 7.66. The Kier molecular flexibility index (Phi) is 4.09. The Balaban J connectivity index is 1.81. The molecule has 1 heterocycles. The Hall–Kier alpha value is -2.14. The molecule has 4 N–H and O–H groups in total. The molecule has 1 amide bonds. The number of benzene rings is 1. The minimum absolute atomic E-state index is 0.188. The van der Waals surface area contributed by atoms with Gasteiger partial charge in [-0.05, 0) is 18.4 Å². The second kappa shape index (κ2) is 5.97. The summed E-state index contributed by atoms with van der Waals surface area (Å²) in [4.78, 5) is 11.8. The molecule has 0 spiro atoms. The maximum atomic E-state index is 11.8. The van der Waals surface area contributed by atoms with Crippen molar-refractivity contribution >= 4 is 11.6 Å². The van der Waals surface area contributed by atoms with E-state index in [-0.39, 0.29) is 5.91 Å². The van der Waals surface area contributed by atoms with E-state index in [9.17, 15) is 4.79 Å². The van der Waals surface area contributed by atoms with E-state index in [1.54, 1.807) is 12.4 Å². The van der Waals surface area contributed by atoms with Gasteiger partial charge in [0.2, 0.25) is 5.91 Å². The standard InChI is InChI=1S/C13H16N4O/c14-12(7-6-10-4-2-1-3-5-10)13(18)17-11-8-15-16-9-11/h1-5,8-9,12H,6-7,14H2,(H,15,16)(H,17,18)/t12-/m0/s1. The monoisotopic (exact) mass is 244 g/mol. The predicted octanol–water partition coefficient (Wildman–Crippen LogP) is 1.31. The summed E-state index contributed by atoms with van der Waals surface area (Å²) in [6.45, 7) is 0. The number of hydrogen-bond acceptors (Lipinski definition) is 3. The van der Waals surface area contributed by atoms with Gasteiger partial charge in [0.25, 0.3) is 0 Å². The summed E-state index contributed by atoms with van der Waals surface area (Å²) in [6, 6.07) is 9.47. The summed E-state index contributed by atoms with van der Waals surface area (Å²) in [6.07, 6.45) is 4.57. The van der Waals surface area contributed by atoms with E-state index in [4.69, 9.17) is 5.73 Å². The van der Waals surface area contributed by atoms with Gasteiger partial charge in [0.1, 0.15) is 0 Å². The van der Waals surface area contributed by atoms with Gasteiger partial charge in [-0.2, -0.15) is 5.10 Å². The minimum atomic E-state index is -0.514. The van der Waals surface area contributed by atoms with Crippen molar-refractivity contribution in [1.82, 2.24) is 10.2 Å². The molecule has 0 aliphatic heterocycles. The van der Waals surface area contributed by atoms with Crippen molar-refractivity contribution in [3.8, 4) is 0 Å². The van der Waals surface area contributed by atoms with Crippen LogP contribution in [0.25, 0.3) is 0 Å². The zero-order valence-corrected chi connectivity index (χ0v) is 9.97. The topological polar surface area (TPSA) is 83.8 Å². The molecule has 0 aliphatic rings. The van der Waals surface area contributed by atoms with Crippen molar-refractivity contribution in [3.05, 3.63) is 48.3 Å². The normalized spacial score (nSPS) is 12.1. The van der Waals surface area contributed by atoms with Crippen LogP contribution in [-0.2, 0) is 11.2 Å².